The Morgan fingerprint density at radius 1 is 1.41 bits per heavy atom. The minimum absolute atomic E-state index is 0.0489. The van der Waals surface area contributed by atoms with Crippen molar-refractivity contribution in [1.29, 1.82) is 0 Å². The summed E-state index contributed by atoms with van der Waals surface area (Å²) in [5, 5.41) is 10.9. The number of thiophene rings is 1. The number of nitrogens with zero attached hydrogens (tertiary/aromatic N) is 2. The zero-order valence-corrected chi connectivity index (χ0v) is 21.1. The highest BCUT2D eigenvalue weighted by atomic mass is 79.9. The SMILES string of the molecule is CCc1c(C)sc(NC(=S)NCCCn2nc(C(F)(F)F)c(Br)c2C2CC2)c1C(=O)OC. The van der Waals surface area contributed by atoms with Crippen molar-refractivity contribution in [3.63, 3.8) is 0 Å². The third-order valence-electron chi connectivity index (χ3n) is 5.18. The second kappa shape index (κ2) is 10.1. The van der Waals surface area contributed by atoms with E-state index in [1.165, 1.54) is 23.1 Å². The molecule has 2 heterocycles. The Kier molecular flexibility index (Phi) is 7.87. The minimum atomic E-state index is -4.50. The van der Waals surface area contributed by atoms with E-state index in [2.05, 4.69) is 31.7 Å². The van der Waals surface area contributed by atoms with Crippen LogP contribution in [-0.2, 0) is 23.9 Å². The summed E-state index contributed by atoms with van der Waals surface area (Å²) in [6.45, 7) is 4.68. The molecule has 0 saturated heterocycles. The van der Waals surface area contributed by atoms with Gasteiger partial charge in [-0.05, 0) is 66.3 Å². The van der Waals surface area contributed by atoms with Gasteiger partial charge in [0.25, 0.3) is 0 Å². The molecule has 1 fully saturated rings. The minimum Gasteiger partial charge on any atom is -0.465 e. The van der Waals surface area contributed by atoms with Crippen LogP contribution in [0.2, 0.25) is 0 Å². The van der Waals surface area contributed by atoms with Gasteiger partial charge in [-0.2, -0.15) is 18.3 Å². The molecular formula is C20H24BrF3N4O2S2. The molecule has 2 aromatic heterocycles. The number of methoxy groups -OCH3 is 1. The van der Waals surface area contributed by atoms with Crippen LogP contribution in [-0.4, -0.2) is 34.5 Å². The van der Waals surface area contributed by atoms with Gasteiger partial charge in [-0.1, -0.05) is 6.92 Å². The molecule has 3 rings (SSSR count). The molecule has 0 aromatic carbocycles. The van der Waals surface area contributed by atoms with Crippen molar-refractivity contribution in [2.24, 2.45) is 0 Å². The number of aromatic nitrogens is 2. The van der Waals surface area contributed by atoms with Crippen LogP contribution in [0.4, 0.5) is 18.2 Å². The van der Waals surface area contributed by atoms with Crippen LogP contribution in [0, 0.1) is 6.92 Å². The lowest BCUT2D eigenvalue weighted by Crippen LogP contribution is -2.30. The van der Waals surface area contributed by atoms with E-state index < -0.39 is 17.8 Å². The third-order valence-corrected chi connectivity index (χ3v) is 7.27. The molecule has 2 N–H and O–H groups in total. The van der Waals surface area contributed by atoms with Gasteiger partial charge in [0.1, 0.15) is 5.00 Å². The van der Waals surface area contributed by atoms with Gasteiger partial charge in [-0.3, -0.25) is 4.68 Å². The Morgan fingerprint density at radius 2 is 2.09 bits per heavy atom. The number of nitrogens with one attached hydrogen (secondary N) is 2. The van der Waals surface area contributed by atoms with E-state index in [9.17, 15) is 18.0 Å². The molecule has 176 valence electrons. The van der Waals surface area contributed by atoms with Crippen molar-refractivity contribution < 1.29 is 22.7 Å². The molecule has 0 bridgehead atoms. The van der Waals surface area contributed by atoms with Crippen molar-refractivity contribution in [3.05, 3.63) is 31.9 Å². The number of hydrogen-bond donors (Lipinski definition) is 2. The number of alkyl halides is 3. The highest BCUT2D eigenvalue weighted by molar-refractivity contribution is 9.10. The fraction of sp³-hybridized carbons (Fsp3) is 0.550. The molecule has 0 atom stereocenters. The van der Waals surface area contributed by atoms with Crippen molar-refractivity contribution in [2.45, 2.75) is 58.2 Å². The Balaban J connectivity index is 1.60. The predicted molar refractivity (Wildman–Crippen MR) is 126 cm³/mol. The van der Waals surface area contributed by atoms with E-state index in [-0.39, 0.29) is 10.4 Å². The van der Waals surface area contributed by atoms with Crippen LogP contribution in [0.1, 0.15) is 64.3 Å². The van der Waals surface area contributed by atoms with Crippen LogP contribution in [0.15, 0.2) is 4.47 Å². The van der Waals surface area contributed by atoms with Gasteiger partial charge >= 0.3 is 12.1 Å². The van der Waals surface area contributed by atoms with Crippen molar-refractivity contribution >= 4 is 55.6 Å². The van der Waals surface area contributed by atoms with Gasteiger partial charge in [-0.15, -0.1) is 11.3 Å². The monoisotopic (exact) mass is 552 g/mol. The van der Waals surface area contributed by atoms with Crippen LogP contribution in [0.5, 0.6) is 0 Å². The molecule has 0 spiro atoms. The molecule has 0 unspecified atom stereocenters. The topological polar surface area (TPSA) is 68.2 Å². The molecule has 2 aromatic rings. The lowest BCUT2D eigenvalue weighted by Gasteiger charge is -2.12. The van der Waals surface area contributed by atoms with Gasteiger partial charge < -0.3 is 15.4 Å². The molecule has 1 saturated carbocycles. The molecule has 0 aliphatic heterocycles. The maximum atomic E-state index is 13.2. The summed E-state index contributed by atoms with van der Waals surface area (Å²) >= 11 is 9.87. The van der Waals surface area contributed by atoms with Crippen molar-refractivity contribution in [3.8, 4) is 0 Å². The largest absolute Gasteiger partial charge is 0.465 e. The highest BCUT2D eigenvalue weighted by Crippen LogP contribution is 2.47. The summed E-state index contributed by atoms with van der Waals surface area (Å²) in [6, 6.07) is 0. The average Bonchev–Trinajstić information content (AvgIpc) is 3.42. The van der Waals surface area contributed by atoms with Gasteiger partial charge in [0.05, 0.1) is 22.8 Å². The van der Waals surface area contributed by atoms with Crippen LogP contribution < -0.4 is 10.6 Å². The number of aryl methyl sites for hydroxylation is 2. The van der Waals surface area contributed by atoms with Gasteiger partial charge in [-0.25, -0.2) is 4.79 Å². The van der Waals surface area contributed by atoms with E-state index in [0.717, 1.165) is 23.3 Å². The van der Waals surface area contributed by atoms with E-state index in [1.807, 2.05) is 13.8 Å². The Morgan fingerprint density at radius 3 is 2.66 bits per heavy atom. The smallest absolute Gasteiger partial charge is 0.436 e. The number of hydrogen-bond acceptors (Lipinski definition) is 5. The van der Waals surface area contributed by atoms with Gasteiger partial charge in [0.2, 0.25) is 0 Å². The summed E-state index contributed by atoms with van der Waals surface area (Å²) in [5.41, 5.74) is 1.14. The number of rotatable bonds is 8. The molecule has 6 nitrogen and oxygen atoms in total. The zero-order valence-electron chi connectivity index (χ0n) is 17.9. The van der Waals surface area contributed by atoms with Crippen LogP contribution in [0.25, 0.3) is 0 Å². The number of halogens is 4. The van der Waals surface area contributed by atoms with E-state index in [4.69, 9.17) is 17.0 Å². The first kappa shape index (κ1) is 25.0. The standard InChI is InChI=1S/C20H24BrF3N4O2S2/c1-4-12-10(2)32-17(13(12)18(29)30-3)26-19(31)25-8-5-9-28-15(11-6-7-11)14(21)16(27-28)20(22,23)24/h11H,4-9H2,1-3H3,(H2,25,26,31). The Hall–Kier alpha value is -1.66. The number of anilines is 1. The zero-order chi connectivity index (χ0) is 23.6. The van der Waals surface area contributed by atoms with Gasteiger partial charge in [0.15, 0.2) is 10.8 Å². The first-order valence-corrected chi connectivity index (χ1v) is 12.2. The fourth-order valence-electron chi connectivity index (χ4n) is 3.54. The number of thiocarbonyl (C=S) groups is 1. The predicted octanol–water partition coefficient (Wildman–Crippen LogP) is 5.64. The molecule has 32 heavy (non-hydrogen) atoms. The van der Waals surface area contributed by atoms with Crippen LogP contribution >= 0.6 is 39.5 Å². The summed E-state index contributed by atoms with van der Waals surface area (Å²) in [7, 11) is 1.34. The number of ether oxygens (including phenoxy) is 1. The summed E-state index contributed by atoms with van der Waals surface area (Å²) in [4.78, 5) is 13.2. The Bertz CT molecular complexity index is 1020. The molecular weight excluding hydrogens is 529 g/mol. The summed E-state index contributed by atoms with van der Waals surface area (Å²) in [5.74, 6) is -0.302. The van der Waals surface area contributed by atoms with Crippen LogP contribution in [0.3, 0.4) is 0 Å². The molecule has 0 amide bonds. The average molecular weight is 553 g/mol. The van der Waals surface area contributed by atoms with E-state index >= 15 is 0 Å². The number of esters is 1. The van der Waals surface area contributed by atoms with Crippen molar-refractivity contribution in [2.75, 3.05) is 19.0 Å². The first-order chi connectivity index (χ1) is 15.1. The number of carbonyl (C=O) groups is 1. The molecule has 1 aliphatic carbocycles. The van der Waals surface area contributed by atoms with Crippen molar-refractivity contribution in [1.82, 2.24) is 15.1 Å². The van der Waals surface area contributed by atoms with E-state index in [1.54, 1.807) is 0 Å². The quantitative estimate of drug-likeness (QED) is 0.251. The normalized spacial score (nSPS) is 13.8. The molecule has 12 heteroatoms. The number of carbonyl (C=O) groups excluding carboxylic acids is 1. The fourth-order valence-corrected chi connectivity index (χ4v) is 5.78. The summed E-state index contributed by atoms with van der Waals surface area (Å²) < 4.78 is 46.1. The highest BCUT2D eigenvalue weighted by Gasteiger charge is 2.41. The summed E-state index contributed by atoms with van der Waals surface area (Å²) in [6.07, 6.45) is -1.53. The molecule has 1 aliphatic rings. The first-order valence-electron chi connectivity index (χ1n) is 10.2. The second-order valence-electron chi connectivity index (χ2n) is 7.46. The van der Waals surface area contributed by atoms with E-state index in [0.29, 0.717) is 47.3 Å². The van der Waals surface area contributed by atoms with Gasteiger partial charge in [0, 0.05) is 23.9 Å². The lowest BCUT2D eigenvalue weighted by atomic mass is 10.1. The maximum absolute atomic E-state index is 13.2. The molecule has 0 radical (unpaired) electrons. The Labute approximate surface area is 202 Å². The lowest BCUT2D eigenvalue weighted by molar-refractivity contribution is -0.142. The third kappa shape index (κ3) is 5.45. The second-order valence-corrected chi connectivity index (χ2v) is 9.89. The maximum Gasteiger partial charge on any atom is 0.436 e.